The quantitative estimate of drug-likeness (QED) is 0.858. The van der Waals surface area contributed by atoms with Crippen LogP contribution in [0.2, 0.25) is 0 Å². The van der Waals surface area contributed by atoms with E-state index in [1.54, 1.807) is 29.5 Å². The van der Waals surface area contributed by atoms with Crippen molar-refractivity contribution in [1.29, 1.82) is 0 Å². The molecule has 0 saturated heterocycles. The first-order valence-corrected chi connectivity index (χ1v) is 7.57. The second-order valence-electron chi connectivity index (χ2n) is 5.27. The number of hydrogen-bond donors (Lipinski definition) is 2. The monoisotopic (exact) mass is 319 g/mol. The number of nitrogens with one attached hydrogen (secondary N) is 1. The minimum absolute atomic E-state index is 0.237. The van der Waals surface area contributed by atoms with Crippen molar-refractivity contribution in [3.63, 3.8) is 0 Å². The van der Waals surface area contributed by atoms with Crippen molar-refractivity contribution < 1.29 is 19.4 Å². The Morgan fingerprint density at radius 3 is 2.68 bits per heavy atom. The normalized spacial score (nSPS) is 11.0. The molecule has 1 aromatic carbocycles. The Labute approximate surface area is 132 Å². The number of carbonyl (C=O) groups is 2. The Bertz CT molecular complexity index is 665. The molecule has 5 nitrogen and oxygen atoms in total. The second kappa shape index (κ2) is 6.62. The molecule has 0 spiro atoms. The molecule has 1 aromatic heterocycles. The summed E-state index contributed by atoms with van der Waals surface area (Å²) in [6, 6.07) is 10.4. The van der Waals surface area contributed by atoms with E-state index in [-0.39, 0.29) is 5.91 Å². The van der Waals surface area contributed by atoms with Crippen LogP contribution >= 0.6 is 11.3 Å². The molecule has 116 valence electrons. The number of carboxylic acid groups (broad SMARTS) is 1. The number of carboxylic acids is 1. The summed E-state index contributed by atoms with van der Waals surface area (Å²) in [5, 5.41) is 13.5. The van der Waals surface area contributed by atoms with Gasteiger partial charge in [0.05, 0.1) is 5.54 Å². The Balaban J connectivity index is 2.09. The van der Waals surface area contributed by atoms with Gasteiger partial charge in [-0.05, 0) is 43.5 Å². The van der Waals surface area contributed by atoms with Crippen molar-refractivity contribution in [2.75, 3.05) is 6.61 Å². The number of thiophene rings is 1. The fourth-order valence-electron chi connectivity index (χ4n) is 1.92. The fourth-order valence-corrected chi connectivity index (χ4v) is 2.73. The molecule has 6 heteroatoms. The van der Waals surface area contributed by atoms with Crippen LogP contribution in [0.3, 0.4) is 0 Å². The van der Waals surface area contributed by atoms with Gasteiger partial charge in [0.25, 0.3) is 5.91 Å². The average molecular weight is 319 g/mol. The first kappa shape index (κ1) is 16.0. The average Bonchev–Trinajstić information content (AvgIpc) is 3.00. The lowest BCUT2D eigenvalue weighted by molar-refractivity contribution is -0.139. The first-order valence-electron chi connectivity index (χ1n) is 6.69. The van der Waals surface area contributed by atoms with Gasteiger partial charge in [-0.2, -0.15) is 0 Å². The minimum atomic E-state index is -1.06. The molecule has 0 aliphatic carbocycles. The summed E-state index contributed by atoms with van der Waals surface area (Å²) in [5.74, 6) is -0.947. The van der Waals surface area contributed by atoms with E-state index in [1.807, 2.05) is 31.4 Å². The molecule has 0 aliphatic rings. The number of rotatable bonds is 6. The van der Waals surface area contributed by atoms with Crippen molar-refractivity contribution in [1.82, 2.24) is 5.32 Å². The zero-order chi connectivity index (χ0) is 16.2. The lowest BCUT2D eigenvalue weighted by atomic mass is 10.0. The predicted octanol–water partition coefficient (Wildman–Crippen LogP) is 2.88. The van der Waals surface area contributed by atoms with E-state index in [1.165, 1.54) is 6.07 Å². The summed E-state index contributed by atoms with van der Waals surface area (Å²) in [6.07, 6.45) is 0. The smallest absolute Gasteiger partial charge is 0.341 e. The van der Waals surface area contributed by atoms with Gasteiger partial charge in [0.2, 0.25) is 0 Å². The summed E-state index contributed by atoms with van der Waals surface area (Å²) in [6.45, 7) is 3.43. The maximum Gasteiger partial charge on any atom is 0.341 e. The number of ether oxygens (including phenoxy) is 1. The molecule has 2 N–H and O–H groups in total. The highest BCUT2D eigenvalue weighted by molar-refractivity contribution is 7.10. The van der Waals surface area contributed by atoms with Gasteiger partial charge in [0, 0.05) is 10.4 Å². The molecule has 1 heterocycles. The topological polar surface area (TPSA) is 75.6 Å². The van der Waals surface area contributed by atoms with E-state index >= 15 is 0 Å². The first-order chi connectivity index (χ1) is 10.4. The van der Waals surface area contributed by atoms with Crippen molar-refractivity contribution >= 4 is 23.2 Å². The molecule has 2 rings (SSSR count). The van der Waals surface area contributed by atoms with Crippen LogP contribution in [0, 0.1) is 0 Å². The van der Waals surface area contributed by atoms with Crippen LogP contribution in [-0.2, 0) is 10.3 Å². The van der Waals surface area contributed by atoms with Gasteiger partial charge < -0.3 is 15.2 Å². The molecule has 0 atom stereocenters. The van der Waals surface area contributed by atoms with Crippen LogP contribution in [0.5, 0.6) is 5.75 Å². The van der Waals surface area contributed by atoms with Gasteiger partial charge in [-0.1, -0.05) is 12.1 Å². The second-order valence-corrected chi connectivity index (χ2v) is 6.21. The number of carbonyl (C=O) groups excluding carboxylic acids is 1. The van der Waals surface area contributed by atoms with Gasteiger partial charge >= 0.3 is 5.97 Å². The highest BCUT2D eigenvalue weighted by atomic mass is 32.1. The summed E-state index contributed by atoms with van der Waals surface area (Å²) >= 11 is 1.58. The summed E-state index contributed by atoms with van der Waals surface area (Å²) in [7, 11) is 0. The Morgan fingerprint density at radius 2 is 2.05 bits per heavy atom. The van der Waals surface area contributed by atoms with Crippen molar-refractivity contribution in [2.45, 2.75) is 19.4 Å². The van der Waals surface area contributed by atoms with E-state index in [0.717, 1.165) is 4.88 Å². The third kappa shape index (κ3) is 4.08. The van der Waals surface area contributed by atoms with E-state index < -0.39 is 18.1 Å². The minimum Gasteiger partial charge on any atom is -0.482 e. The molecular formula is C16H17NO4S. The van der Waals surface area contributed by atoms with Gasteiger partial charge in [-0.25, -0.2) is 4.79 Å². The number of hydrogen-bond acceptors (Lipinski definition) is 4. The highest BCUT2D eigenvalue weighted by Crippen LogP contribution is 2.25. The van der Waals surface area contributed by atoms with Gasteiger partial charge in [-0.15, -0.1) is 11.3 Å². The van der Waals surface area contributed by atoms with Gasteiger partial charge in [0.1, 0.15) is 5.75 Å². The molecule has 0 bridgehead atoms. The van der Waals surface area contributed by atoms with Crippen molar-refractivity contribution in [2.24, 2.45) is 0 Å². The molecule has 1 amide bonds. The van der Waals surface area contributed by atoms with Crippen LogP contribution in [0.25, 0.3) is 0 Å². The Kier molecular flexibility index (Phi) is 4.82. The number of benzene rings is 1. The molecule has 2 aromatic rings. The third-order valence-electron chi connectivity index (χ3n) is 3.02. The number of aliphatic carboxylic acids is 1. The molecule has 0 unspecified atom stereocenters. The Hall–Kier alpha value is -2.34. The maximum absolute atomic E-state index is 12.4. The Morgan fingerprint density at radius 1 is 1.27 bits per heavy atom. The summed E-state index contributed by atoms with van der Waals surface area (Å²) in [4.78, 5) is 23.9. The third-order valence-corrected chi connectivity index (χ3v) is 4.22. The van der Waals surface area contributed by atoms with Crippen LogP contribution in [-0.4, -0.2) is 23.6 Å². The standard InChI is InChI=1S/C16H17NO4S/c1-16(2,13-7-4-8-22-13)17-15(20)11-5-3-6-12(9-11)21-10-14(18)19/h3-9H,10H2,1-2H3,(H,17,20)(H,18,19). The van der Waals surface area contributed by atoms with Crippen LogP contribution in [0.1, 0.15) is 29.1 Å². The molecule has 0 fully saturated rings. The molecular weight excluding hydrogens is 302 g/mol. The molecule has 0 radical (unpaired) electrons. The summed E-state index contributed by atoms with van der Waals surface area (Å²) in [5.41, 5.74) is -0.0593. The van der Waals surface area contributed by atoms with E-state index in [9.17, 15) is 9.59 Å². The van der Waals surface area contributed by atoms with Crippen molar-refractivity contribution in [3.05, 3.63) is 52.2 Å². The van der Waals surface area contributed by atoms with E-state index in [0.29, 0.717) is 11.3 Å². The SMILES string of the molecule is CC(C)(NC(=O)c1cccc(OCC(=O)O)c1)c1cccs1. The molecule has 0 saturated carbocycles. The maximum atomic E-state index is 12.4. The zero-order valence-corrected chi connectivity index (χ0v) is 13.1. The highest BCUT2D eigenvalue weighted by Gasteiger charge is 2.24. The number of amides is 1. The molecule has 0 aliphatic heterocycles. The summed E-state index contributed by atoms with van der Waals surface area (Å²) < 4.78 is 5.08. The lowest BCUT2D eigenvalue weighted by Gasteiger charge is -2.25. The predicted molar refractivity (Wildman–Crippen MR) is 84.4 cm³/mol. The van der Waals surface area contributed by atoms with Crippen LogP contribution in [0.4, 0.5) is 0 Å². The zero-order valence-electron chi connectivity index (χ0n) is 12.3. The van der Waals surface area contributed by atoms with Crippen LogP contribution in [0.15, 0.2) is 41.8 Å². The van der Waals surface area contributed by atoms with Gasteiger partial charge in [-0.3, -0.25) is 4.79 Å². The van der Waals surface area contributed by atoms with Crippen LogP contribution < -0.4 is 10.1 Å². The largest absolute Gasteiger partial charge is 0.482 e. The van der Waals surface area contributed by atoms with Gasteiger partial charge in [0.15, 0.2) is 6.61 Å². The lowest BCUT2D eigenvalue weighted by Crippen LogP contribution is -2.40. The van der Waals surface area contributed by atoms with Crippen molar-refractivity contribution in [3.8, 4) is 5.75 Å². The fraction of sp³-hybridized carbons (Fsp3) is 0.250. The molecule has 22 heavy (non-hydrogen) atoms. The van der Waals surface area contributed by atoms with E-state index in [4.69, 9.17) is 9.84 Å². The van der Waals surface area contributed by atoms with E-state index in [2.05, 4.69) is 5.32 Å².